The van der Waals surface area contributed by atoms with Crippen molar-refractivity contribution in [2.75, 3.05) is 7.05 Å². The van der Waals surface area contributed by atoms with Crippen LogP contribution in [0.15, 0.2) is 17.5 Å². The Balaban J connectivity index is 1.72. The van der Waals surface area contributed by atoms with Crippen LogP contribution in [-0.4, -0.2) is 18.0 Å². The van der Waals surface area contributed by atoms with Crippen molar-refractivity contribution >= 4 is 11.3 Å². The Morgan fingerprint density at radius 3 is 3.07 bits per heavy atom. The Hall–Kier alpha value is -0.340. The normalized spacial score (nSPS) is 24.7. The fraction of sp³-hybridized carbons (Fsp3) is 0.692. The molecule has 0 radical (unpaired) electrons. The summed E-state index contributed by atoms with van der Waals surface area (Å²) >= 11 is 1.87. The van der Waals surface area contributed by atoms with Gasteiger partial charge in [-0.25, -0.2) is 0 Å². The van der Waals surface area contributed by atoms with E-state index in [9.17, 15) is 0 Å². The molecule has 0 spiro atoms. The molecular weight excluding hydrogens is 202 g/mol. The van der Waals surface area contributed by atoms with Crippen molar-refractivity contribution in [3.63, 3.8) is 0 Å². The highest BCUT2D eigenvalue weighted by Crippen LogP contribution is 2.39. The van der Waals surface area contributed by atoms with E-state index < -0.39 is 0 Å². The molecule has 0 aliphatic heterocycles. The first-order chi connectivity index (χ1) is 7.31. The van der Waals surface area contributed by atoms with E-state index in [1.54, 1.807) is 0 Å². The first-order valence-electron chi connectivity index (χ1n) is 6.04. The van der Waals surface area contributed by atoms with Crippen LogP contribution in [0, 0.1) is 5.92 Å². The van der Waals surface area contributed by atoms with Gasteiger partial charge in [-0.2, -0.15) is 0 Å². The number of hydrogen-bond acceptors (Lipinski definition) is 2. The van der Waals surface area contributed by atoms with Crippen molar-refractivity contribution in [3.8, 4) is 0 Å². The molecule has 0 amide bonds. The van der Waals surface area contributed by atoms with Crippen LogP contribution >= 0.6 is 11.3 Å². The van der Waals surface area contributed by atoms with Crippen molar-refractivity contribution in [2.45, 2.75) is 45.2 Å². The summed E-state index contributed by atoms with van der Waals surface area (Å²) in [5.74, 6) is 0.995. The van der Waals surface area contributed by atoms with Crippen LogP contribution in [-0.2, 0) is 6.54 Å². The Bertz CT molecular complexity index is 281. The van der Waals surface area contributed by atoms with E-state index in [2.05, 4.69) is 36.4 Å². The molecule has 2 atom stereocenters. The third kappa shape index (κ3) is 3.05. The van der Waals surface area contributed by atoms with Crippen molar-refractivity contribution in [1.82, 2.24) is 4.90 Å². The number of nitrogens with zero attached hydrogens (tertiary/aromatic N) is 1. The smallest absolute Gasteiger partial charge is 0.0327 e. The van der Waals surface area contributed by atoms with Crippen molar-refractivity contribution in [3.05, 3.63) is 22.4 Å². The van der Waals surface area contributed by atoms with Gasteiger partial charge in [0.2, 0.25) is 0 Å². The summed E-state index contributed by atoms with van der Waals surface area (Å²) in [4.78, 5) is 4.03. The molecule has 84 valence electrons. The average Bonchev–Trinajstić information content (AvgIpc) is 2.84. The van der Waals surface area contributed by atoms with Crippen LogP contribution in [0.25, 0.3) is 0 Å². The molecule has 2 heteroatoms. The van der Waals surface area contributed by atoms with Crippen LogP contribution in [0.3, 0.4) is 0 Å². The summed E-state index contributed by atoms with van der Waals surface area (Å²) in [6.45, 7) is 3.43. The van der Waals surface area contributed by atoms with Gasteiger partial charge in [0.15, 0.2) is 0 Å². The van der Waals surface area contributed by atoms with E-state index in [0.717, 1.165) is 18.5 Å². The lowest BCUT2D eigenvalue weighted by Crippen LogP contribution is -2.21. The number of thiophene rings is 1. The quantitative estimate of drug-likeness (QED) is 0.710. The minimum Gasteiger partial charge on any atom is -0.298 e. The van der Waals surface area contributed by atoms with Gasteiger partial charge in [0, 0.05) is 17.5 Å². The summed E-state index contributed by atoms with van der Waals surface area (Å²) in [5.41, 5.74) is 0. The molecule has 1 heterocycles. The first kappa shape index (κ1) is 11.2. The van der Waals surface area contributed by atoms with Crippen LogP contribution in [0.2, 0.25) is 0 Å². The van der Waals surface area contributed by atoms with Crippen molar-refractivity contribution in [1.29, 1.82) is 0 Å². The maximum Gasteiger partial charge on any atom is 0.0327 e. The zero-order valence-corrected chi connectivity index (χ0v) is 10.6. The van der Waals surface area contributed by atoms with E-state index >= 15 is 0 Å². The molecule has 1 saturated carbocycles. The molecule has 15 heavy (non-hydrogen) atoms. The van der Waals surface area contributed by atoms with Gasteiger partial charge in [-0.3, -0.25) is 4.90 Å². The van der Waals surface area contributed by atoms with Gasteiger partial charge in [0.1, 0.15) is 0 Å². The number of hydrogen-bond donors (Lipinski definition) is 0. The maximum absolute atomic E-state index is 2.53. The fourth-order valence-electron chi connectivity index (χ4n) is 2.31. The van der Waals surface area contributed by atoms with Crippen LogP contribution in [0.1, 0.15) is 37.5 Å². The Kier molecular flexibility index (Phi) is 3.81. The number of rotatable bonds is 6. The standard InChI is InChI=1S/C13H21NS/c1-3-4-6-11-9-13(11)14(2)10-12-7-5-8-15-12/h5,7-8,11,13H,3-4,6,9-10H2,1-2H3/t11-,13-/m1/s1. The molecule has 0 saturated heterocycles. The molecule has 2 rings (SSSR count). The first-order valence-corrected chi connectivity index (χ1v) is 6.92. The van der Waals surface area contributed by atoms with E-state index in [0.29, 0.717) is 0 Å². The molecule has 0 unspecified atom stereocenters. The maximum atomic E-state index is 2.53. The summed E-state index contributed by atoms with van der Waals surface area (Å²) < 4.78 is 0. The molecule has 1 aliphatic rings. The third-order valence-electron chi connectivity index (χ3n) is 3.37. The zero-order chi connectivity index (χ0) is 10.7. The summed E-state index contributed by atoms with van der Waals surface area (Å²) in [6, 6.07) is 5.26. The minimum atomic E-state index is 0.874. The predicted octanol–water partition coefficient (Wildman–Crippen LogP) is 3.76. The Morgan fingerprint density at radius 1 is 1.53 bits per heavy atom. The summed E-state index contributed by atoms with van der Waals surface area (Å²) in [6.07, 6.45) is 5.63. The zero-order valence-electron chi connectivity index (χ0n) is 9.78. The van der Waals surface area contributed by atoms with Gasteiger partial charge in [0.05, 0.1) is 0 Å². The van der Waals surface area contributed by atoms with Gasteiger partial charge in [-0.05, 0) is 37.3 Å². The lowest BCUT2D eigenvalue weighted by Gasteiger charge is -2.15. The second-order valence-electron chi connectivity index (χ2n) is 4.70. The molecular formula is C13H21NS. The molecule has 0 aromatic carbocycles. The predicted molar refractivity (Wildman–Crippen MR) is 67.2 cm³/mol. The lowest BCUT2D eigenvalue weighted by molar-refractivity contribution is 0.299. The highest BCUT2D eigenvalue weighted by atomic mass is 32.1. The Morgan fingerprint density at radius 2 is 2.40 bits per heavy atom. The van der Waals surface area contributed by atoms with Crippen LogP contribution < -0.4 is 0 Å². The highest BCUT2D eigenvalue weighted by Gasteiger charge is 2.39. The molecule has 1 aromatic rings. The van der Waals surface area contributed by atoms with Crippen molar-refractivity contribution < 1.29 is 0 Å². The molecule has 1 aliphatic carbocycles. The SMILES string of the molecule is CCCC[C@@H]1C[C@H]1N(C)Cc1cccs1. The number of unbranched alkanes of at least 4 members (excludes halogenated alkanes) is 1. The molecule has 1 nitrogen and oxygen atoms in total. The van der Waals surface area contributed by atoms with Gasteiger partial charge in [-0.1, -0.05) is 25.8 Å². The molecule has 1 aromatic heterocycles. The largest absolute Gasteiger partial charge is 0.298 e. The second kappa shape index (κ2) is 5.13. The average molecular weight is 223 g/mol. The highest BCUT2D eigenvalue weighted by molar-refractivity contribution is 7.09. The topological polar surface area (TPSA) is 3.24 Å². The van der Waals surface area contributed by atoms with E-state index in [-0.39, 0.29) is 0 Å². The van der Waals surface area contributed by atoms with E-state index in [1.165, 1.54) is 30.6 Å². The second-order valence-corrected chi connectivity index (χ2v) is 5.73. The molecule has 0 N–H and O–H groups in total. The van der Waals surface area contributed by atoms with Gasteiger partial charge < -0.3 is 0 Å². The fourth-order valence-corrected chi connectivity index (χ4v) is 3.08. The minimum absolute atomic E-state index is 0.874. The van der Waals surface area contributed by atoms with Crippen LogP contribution in [0.5, 0.6) is 0 Å². The third-order valence-corrected chi connectivity index (χ3v) is 4.23. The lowest BCUT2D eigenvalue weighted by atomic mass is 10.2. The van der Waals surface area contributed by atoms with Gasteiger partial charge in [-0.15, -0.1) is 11.3 Å². The molecule has 1 fully saturated rings. The van der Waals surface area contributed by atoms with Gasteiger partial charge in [0.25, 0.3) is 0 Å². The Labute approximate surface area is 97.1 Å². The van der Waals surface area contributed by atoms with Crippen LogP contribution in [0.4, 0.5) is 0 Å². The summed E-state index contributed by atoms with van der Waals surface area (Å²) in [7, 11) is 2.27. The molecule has 0 bridgehead atoms. The van der Waals surface area contributed by atoms with Gasteiger partial charge >= 0.3 is 0 Å². The van der Waals surface area contributed by atoms with Crippen molar-refractivity contribution in [2.24, 2.45) is 5.92 Å². The van der Waals surface area contributed by atoms with E-state index in [1.807, 2.05) is 11.3 Å². The summed E-state index contributed by atoms with van der Waals surface area (Å²) in [5, 5.41) is 2.17. The van der Waals surface area contributed by atoms with E-state index in [4.69, 9.17) is 0 Å². The monoisotopic (exact) mass is 223 g/mol.